The number of hydrogen-bond donors (Lipinski definition) is 1. The molecule has 0 spiro atoms. The van der Waals surface area contributed by atoms with E-state index in [9.17, 15) is 14.7 Å². The molecule has 1 N–H and O–H groups in total. The monoisotopic (exact) mass is 592 g/mol. The van der Waals surface area contributed by atoms with Gasteiger partial charge in [0.15, 0.2) is 5.92 Å². The minimum atomic E-state index is -1.39. The summed E-state index contributed by atoms with van der Waals surface area (Å²) in [5, 5.41) is 11.0. The van der Waals surface area contributed by atoms with Crippen molar-refractivity contribution in [1.29, 1.82) is 0 Å². The zero-order chi connectivity index (χ0) is 32.4. The van der Waals surface area contributed by atoms with E-state index in [1.807, 2.05) is 48.6 Å². The first kappa shape index (κ1) is 34.8. The highest BCUT2D eigenvalue weighted by molar-refractivity contribution is 5.95. The number of carboxylic acids is 1. The van der Waals surface area contributed by atoms with Crippen LogP contribution in [-0.4, -0.2) is 62.1 Å². The molecule has 2 aliphatic heterocycles. The Labute approximate surface area is 260 Å². The smallest absolute Gasteiger partial charge is 0.321 e. The highest BCUT2D eigenvalue weighted by atomic mass is 16.5. The Morgan fingerprint density at radius 1 is 0.837 bits per heavy atom. The number of carboxylic acid groups (broad SMARTS) is 1. The fourth-order valence-electron chi connectivity index (χ4n) is 9.18. The summed E-state index contributed by atoms with van der Waals surface area (Å²) in [5.41, 5.74) is -1.27. The number of benzene rings is 1. The molecule has 6 heteroatoms. The van der Waals surface area contributed by atoms with E-state index in [0.29, 0.717) is 0 Å². The van der Waals surface area contributed by atoms with Crippen molar-refractivity contribution in [2.75, 3.05) is 13.1 Å². The van der Waals surface area contributed by atoms with Crippen molar-refractivity contribution in [2.45, 2.75) is 110 Å². The molecular formula is C37H56N2O4. The molecule has 2 saturated heterocycles. The van der Waals surface area contributed by atoms with Gasteiger partial charge in [-0.3, -0.25) is 19.4 Å². The van der Waals surface area contributed by atoms with Gasteiger partial charge >= 0.3 is 11.9 Å². The van der Waals surface area contributed by atoms with E-state index >= 15 is 0 Å². The standard InChI is InChI=1S/C37H56N2O4/c1-12-20-38-33(4,5)22-28(23-34(38,6)7)37(14-3,29-24-35(8,9)39(21-13-2)36(10,11)25-29)30(31(40)41)32(42)43-26-27-18-16-15-17-19-27/h12-19,28-30H,1-3,20-26H2,4-11H3,(H,40,41). The molecule has 0 aromatic heterocycles. The molecule has 43 heavy (non-hydrogen) atoms. The zero-order valence-electron chi connectivity index (χ0n) is 28.0. The van der Waals surface area contributed by atoms with Crippen molar-refractivity contribution >= 4 is 11.9 Å². The van der Waals surface area contributed by atoms with E-state index in [-0.39, 0.29) is 40.6 Å². The normalized spacial score (nSPS) is 23.2. The lowest BCUT2D eigenvalue weighted by Crippen LogP contribution is -2.67. The molecule has 0 amide bonds. The van der Waals surface area contributed by atoms with Crippen LogP contribution in [0, 0.1) is 23.2 Å². The summed E-state index contributed by atoms with van der Waals surface area (Å²) in [6.45, 7) is 31.7. The van der Waals surface area contributed by atoms with Crippen molar-refractivity contribution in [3.8, 4) is 0 Å². The van der Waals surface area contributed by atoms with Crippen molar-refractivity contribution < 1.29 is 19.4 Å². The van der Waals surface area contributed by atoms with Gasteiger partial charge in [-0.15, -0.1) is 19.7 Å². The summed E-state index contributed by atoms with van der Waals surface area (Å²) in [6, 6.07) is 9.43. The molecule has 0 saturated carbocycles. The summed E-state index contributed by atoms with van der Waals surface area (Å²) < 4.78 is 5.85. The quantitative estimate of drug-likeness (QED) is 0.154. The average molecular weight is 593 g/mol. The second kappa shape index (κ2) is 12.7. The number of carbonyl (C=O) groups is 2. The third-order valence-electron chi connectivity index (χ3n) is 10.5. The molecule has 0 bridgehead atoms. The number of nitrogens with zero attached hydrogens (tertiary/aromatic N) is 2. The Morgan fingerprint density at radius 3 is 1.56 bits per heavy atom. The maximum absolute atomic E-state index is 14.1. The SMILES string of the molecule is C=CCN1C(C)(C)CC(C(C=C)(C2CC(C)(C)N(CC=C)C(C)(C)C2)C(C(=O)O)C(=O)OCc2ccccc2)CC1(C)C. The molecule has 2 heterocycles. The maximum atomic E-state index is 14.1. The Bertz CT molecular complexity index is 1100. The number of allylic oxidation sites excluding steroid dienone is 1. The van der Waals surface area contributed by atoms with Crippen molar-refractivity contribution in [3.05, 3.63) is 73.9 Å². The number of aliphatic carboxylic acids is 1. The van der Waals surface area contributed by atoms with Gasteiger partial charge in [0.25, 0.3) is 0 Å². The highest BCUT2D eigenvalue weighted by Crippen LogP contribution is 2.60. The van der Waals surface area contributed by atoms with Gasteiger partial charge in [0.05, 0.1) is 0 Å². The number of piperidine rings is 2. The number of likely N-dealkylation sites (tertiary alicyclic amines) is 2. The first-order valence-corrected chi connectivity index (χ1v) is 15.7. The van der Waals surface area contributed by atoms with Crippen LogP contribution in [0.5, 0.6) is 0 Å². The molecule has 3 rings (SSSR count). The van der Waals surface area contributed by atoms with Gasteiger partial charge in [0, 0.05) is 40.7 Å². The van der Waals surface area contributed by atoms with Crippen LogP contribution in [0.25, 0.3) is 0 Å². The van der Waals surface area contributed by atoms with Crippen molar-refractivity contribution in [3.63, 3.8) is 0 Å². The van der Waals surface area contributed by atoms with E-state index in [2.05, 4.69) is 84.9 Å². The Morgan fingerprint density at radius 2 is 1.23 bits per heavy atom. The summed E-state index contributed by atoms with van der Waals surface area (Å²) in [6.07, 6.45) is 8.60. The molecule has 6 nitrogen and oxygen atoms in total. The van der Waals surface area contributed by atoms with E-state index in [4.69, 9.17) is 4.74 Å². The fourth-order valence-corrected chi connectivity index (χ4v) is 9.18. The van der Waals surface area contributed by atoms with E-state index < -0.39 is 23.3 Å². The van der Waals surface area contributed by atoms with Gasteiger partial charge in [-0.2, -0.15) is 0 Å². The first-order valence-electron chi connectivity index (χ1n) is 15.7. The fraction of sp³-hybridized carbons (Fsp3) is 0.622. The van der Waals surface area contributed by atoms with Crippen LogP contribution >= 0.6 is 0 Å². The molecule has 2 fully saturated rings. The van der Waals surface area contributed by atoms with Crippen LogP contribution in [0.4, 0.5) is 0 Å². The molecule has 2 aliphatic rings. The molecule has 1 unspecified atom stereocenters. The molecule has 0 radical (unpaired) electrons. The molecule has 1 aromatic carbocycles. The van der Waals surface area contributed by atoms with Crippen LogP contribution < -0.4 is 0 Å². The Kier molecular flexibility index (Phi) is 10.3. The van der Waals surface area contributed by atoms with E-state index in [1.165, 1.54) is 0 Å². The van der Waals surface area contributed by atoms with Gasteiger partial charge in [0.1, 0.15) is 6.61 Å². The summed E-state index contributed by atoms with van der Waals surface area (Å²) in [5.74, 6) is -3.47. The number of esters is 1. The summed E-state index contributed by atoms with van der Waals surface area (Å²) in [4.78, 5) is 32.5. The lowest BCUT2D eigenvalue weighted by molar-refractivity contribution is -0.180. The third-order valence-corrected chi connectivity index (χ3v) is 10.5. The molecule has 238 valence electrons. The van der Waals surface area contributed by atoms with Gasteiger partial charge in [-0.25, -0.2) is 0 Å². The lowest BCUT2D eigenvalue weighted by Gasteiger charge is -2.63. The average Bonchev–Trinajstić information content (AvgIpc) is 2.89. The first-order chi connectivity index (χ1) is 19.9. The predicted molar refractivity (Wildman–Crippen MR) is 176 cm³/mol. The largest absolute Gasteiger partial charge is 0.481 e. The van der Waals surface area contributed by atoms with Crippen molar-refractivity contribution in [2.24, 2.45) is 23.2 Å². The van der Waals surface area contributed by atoms with Gasteiger partial charge < -0.3 is 9.84 Å². The molecule has 1 atom stereocenters. The lowest BCUT2D eigenvalue weighted by atomic mass is 9.49. The number of ether oxygens (including phenoxy) is 1. The van der Waals surface area contributed by atoms with Crippen LogP contribution in [0.3, 0.4) is 0 Å². The minimum Gasteiger partial charge on any atom is -0.481 e. The minimum absolute atomic E-state index is 0.0280. The van der Waals surface area contributed by atoms with E-state index in [0.717, 1.165) is 44.3 Å². The second-order valence-electron chi connectivity index (χ2n) is 15.3. The van der Waals surface area contributed by atoms with Gasteiger partial charge in [-0.05, 0) is 98.5 Å². The highest BCUT2D eigenvalue weighted by Gasteiger charge is 2.62. The molecule has 0 aliphatic carbocycles. The van der Waals surface area contributed by atoms with Crippen LogP contribution in [0.15, 0.2) is 68.3 Å². The predicted octanol–water partition coefficient (Wildman–Crippen LogP) is 7.51. The summed E-state index contributed by atoms with van der Waals surface area (Å²) in [7, 11) is 0. The zero-order valence-corrected chi connectivity index (χ0v) is 28.0. The van der Waals surface area contributed by atoms with Gasteiger partial charge in [-0.1, -0.05) is 48.6 Å². The molecule has 1 aromatic rings. The Balaban J connectivity index is 2.21. The van der Waals surface area contributed by atoms with Crippen LogP contribution in [0.1, 0.15) is 86.6 Å². The van der Waals surface area contributed by atoms with Crippen LogP contribution in [0.2, 0.25) is 0 Å². The number of rotatable bonds is 12. The Hall–Kier alpha value is -2.70. The van der Waals surface area contributed by atoms with Crippen molar-refractivity contribution in [1.82, 2.24) is 9.80 Å². The molecular weight excluding hydrogens is 536 g/mol. The third kappa shape index (κ3) is 6.86. The number of hydrogen-bond acceptors (Lipinski definition) is 5. The summed E-state index contributed by atoms with van der Waals surface area (Å²) >= 11 is 0. The number of carbonyl (C=O) groups excluding carboxylic acids is 1. The second-order valence-corrected chi connectivity index (χ2v) is 15.3. The van der Waals surface area contributed by atoms with Crippen LogP contribution in [-0.2, 0) is 20.9 Å². The maximum Gasteiger partial charge on any atom is 0.321 e. The van der Waals surface area contributed by atoms with E-state index in [1.54, 1.807) is 0 Å². The van der Waals surface area contributed by atoms with Gasteiger partial charge in [0.2, 0.25) is 0 Å². The topological polar surface area (TPSA) is 70.1 Å².